The van der Waals surface area contributed by atoms with Crippen molar-refractivity contribution >= 4 is 44.1 Å². The summed E-state index contributed by atoms with van der Waals surface area (Å²) in [5, 5.41) is 10.5. The van der Waals surface area contributed by atoms with Crippen LogP contribution in [0.3, 0.4) is 0 Å². The second kappa shape index (κ2) is 4.66. The first kappa shape index (κ1) is 11.6. The maximum Gasteiger partial charge on any atom is 0.163 e. The van der Waals surface area contributed by atoms with E-state index >= 15 is 0 Å². The molecular formula is C11H10BrN5S. The molecule has 0 saturated carbocycles. The van der Waals surface area contributed by atoms with Crippen LogP contribution in [0.2, 0.25) is 0 Å². The molecule has 0 amide bonds. The van der Waals surface area contributed by atoms with Gasteiger partial charge in [-0.2, -0.15) is 5.10 Å². The van der Waals surface area contributed by atoms with Crippen molar-refractivity contribution in [2.24, 2.45) is 7.05 Å². The summed E-state index contributed by atoms with van der Waals surface area (Å²) in [6, 6.07) is 2.10. The number of rotatable bonds is 3. The second-order valence-corrected chi connectivity index (χ2v) is 5.72. The smallest absolute Gasteiger partial charge is 0.163 e. The van der Waals surface area contributed by atoms with Crippen LogP contribution in [0, 0.1) is 0 Å². The monoisotopic (exact) mass is 323 g/mol. The molecule has 0 spiro atoms. The lowest BCUT2D eigenvalue weighted by molar-refractivity contribution is 0.785. The molecule has 3 aromatic heterocycles. The Morgan fingerprint density at radius 1 is 1.44 bits per heavy atom. The summed E-state index contributed by atoms with van der Waals surface area (Å²) in [4.78, 5) is 9.71. The van der Waals surface area contributed by atoms with Crippen molar-refractivity contribution in [2.45, 2.75) is 6.54 Å². The van der Waals surface area contributed by atoms with E-state index in [9.17, 15) is 0 Å². The van der Waals surface area contributed by atoms with Crippen LogP contribution in [0.25, 0.3) is 11.0 Å². The van der Waals surface area contributed by atoms with Crippen molar-refractivity contribution < 1.29 is 0 Å². The molecule has 3 heterocycles. The standard InChI is InChI=1S/C11H10BrN5S/c1-17-11-9(4-16-17)10(14-6-15-11)13-3-8-2-7(12)5-18-8/h2,4-6H,3H2,1H3,(H,13,14,15). The molecule has 0 radical (unpaired) electrons. The minimum atomic E-state index is 0.747. The fraction of sp³-hybridized carbons (Fsp3) is 0.182. The van der Waals surface area contributed by atoms with E-state index in [0.29, 0.717) is 0 Å². The van der Waals surface area contributed by atoms with Gasteiger partial charge in [0.2, 0.25) is 0 Å². The number of anilines is 1. The molecule has 1 N–H and O–H groups in total. The van der Waals surface area contributed by atoms with Gasteiger partial charge in [-0.05, 0) is 22.0 Å². The Hall–Kier alpha value is -1.47. The third kappa shape index (κ3) is 2.11. The highest BCUT2D eigenvalue weighted by Crippen LogP contribution is 2.22. The molecule has 18 heavy (non-hydrogen) atoms. The summed E-state index contributed by atoms with van der Waals surface area (Å²) >= 11 is 5.15. The summed E-state index contributed by atoms with van der Waals surface area (Å²) in [5.74, 6) is 0.817. The van der Waals surface area contributed by atoms with Gasteiger partial charge in [-0.15, -0.1) is 11.3 Å². The van der Waals surface area contributed by atoms with Crippen LogP contribution >= 0.6 is 27.3 Å². The molecule has 0 aliphatic heterocycles. The number of hydrogen-bond acceptors (Lipinski definition) is 5. The number of nitrogens with one attached hydrogen (secondary N) is 1. The van der Waals surface area contributed by atoms with Gasteiger partial charge in [-0.25, -0.2) is 9.97 Å². The van der Waals surface area contributed by atoms with Crippen LogP contribution in [-0.4, -0.2) is 19.7 Å². The molecule has 0 aliphatic carbocycles. The van der Waals surface area contributed by atoms with Crippen molar-refractivity contribution in [1.29, 1.82) is 0 Å². The van der Waals surface area contributed by atoms with Crippen LogP contribution in [0.1, 0.15) is 4.88 Å². The number of aryl methyl sites for hydroxylation is 1. The zero-order chi connectivity index (χ0) is 12.5. The Balaban J connectivity index is 1.86. The van der Waals surface area contributed by atoms with E-state index in [1.807, 2.05) is 7.05 Å². The Morgan fingerprint density at radius 2 is 2.33 bits per heavy atom. The first-order valence-electron chi connectivity index (χ1n) is 5.33. The van der Waals surface area contributed by atoms with Crippen LogP contribution in [0.15, 0.2) is 28.4 Å². The Labute approximate surface area is 116 Å². The fourth-order valence-corrected chi connectivity index (χ4v) is 3.11. The molecule has 0 atom stereocenters. The molecule has 7 heteroatoms. The van der Waals surface area contributed by atoms with Gasteiger partial charge < -0.3 is 5.32 Å². The van der Waals surface area contributed by atoms with E-state index in [-0.39, 0.29) is 0 Å². The minimum Gasteiger partial charge on any atom is -0.364 e. The number of nitrogens with zero attached hydrogens (tertiary/aromatic N) is 4. The average Bonchev–Trinajstić information content (AvgIpc) is 2.94. The molecule has 0 unspecified atom stereocenters. The lowest BCUT2D eigenvalue weighted by Crippen LogP contribution is -2.01. The number of thiophene rings is 1. The van der Waals surface area contributed by atoms with Gasteiger partial charge in [0.1, 0.15) is 12.1 Å². The van der Waals surface area contributed by atoms with Crippen molar-refractivity contribution in [3.8, 4) is 0 Å². The summed E-state index contributed by atoms with van der Waals surface area (Å²) in [7, 11) is 1.87. The first-order chi connectivity index (χ1) is 8.74. The summed E-state index contributed by atoms with van der Waals surface area (Å²) in [5.41, 5.74) is 0.833. The van der Waals surface area contributed by atoms with E-state index in [1.54, 1.807) is 28.5 Å². The molecule has 92 valence electrons. The van der Waals surface area contributed by atoms with E-state index in [4.69, 9.17) is 0 Å². The molecule has 5 nitrogen and oxygen atoms in total. The average molecular weight is 324 g/mol. The van der Waals surface area contributed by atoms with Gasteiger partial charge in [0, 0.05) is 21.8 Å². The maximum absolute atomic E-state index is 4.26. The van der Waals surface area contributed by atoms with Crippen molar-refractivity contribution in [3.63, 3.8) is 0 Å². The normalized spacial score (nSPS) is 11.0. The highest BCUT2D eigenvalue weighted by atomic mass is 79.9. The van der Waals surface area contributed by atoms with Gasteiger partial charge in [0.25, 0.3) is 0 Å². The summed E-state index contributed by atoms with van der Waals surface area (Å²) in [6.45, 7) is 0.747. The second-order valence-electron chi connectivity index (χ2n) is 3.81. The predicted octanol–water partition coefficient (Wildman–Crippen LogP) is 2.80. The van der Waals surface area contributed by atoms with E-state index in [2.05, 4.69) is 47.8 Å². The molecule has 0 aliphatic rings. The highest BCUT2D eigenvalue weighted by molar-refractivity contribution is 9.10. The number of fused-ring (bicyclic) bond motifs is 1. The Morgan fingerprint density at radius 3 is 3.11 bits per heavy atom. The predicted molar refractivity (Wildman–Crippen MR) is 75.6 cm³/mol. The largest absolute Gasteiger partial charge is 0.364 e. The topological polar surface area (TPSA) is 55.6 Å². The third-order valence-corrected chi connectivity index (χ3v) is 4.28. The lowest BCUT2D eigenvalue weighted by atomic mass is 10.4. The lowest BCUT2D eigenvalue weighted by Gasteiger charge is -2.04. The number of aromatic nitrogens is 4. The zero-order valence-corrected chi connectivity index (χ0v) is 12.0. The van der Waals surface area contributed by atoms with Crippen LogP contribution < -0.4 is 5.32 Å². The maximum atomic E-state index is 4.26. The third-order valence-electron chi connectivity index (χ3n) is 2.58. The molecule has 3 rings (SSSR count). The van der Waals surface area contributed by atoms with Crippen molar-refractivity contribution in [3.05, 3.63) is 33.3 Å². The Kier molecular flexibility index (Phi) is 3.00. The van der Waals surface area contributed by atoms with E-state index < -0.39 is 0 Å². The minimum absolute atomic E-state index is 0.747. The molecule has 0 saturated heterocycles. The van der Waals surface area contributed by atoms with E-state index in [0.717, 1.165) is 27.9 Å². The van der Waals surface area contributed by atoms with Crippen LogP contribution in [-0.2, 0) is 13.6 Å². The highest BCUT2D eigenvalue weighted by Gasteiger charge is 2.07. The molecule has 0 fully saturated rings. The quantitative estimate of drug-likeness (QED) is 0.805. The van der Waals surface area contributed by atoms with Crippen molar-refractivity contribution in [2.75, 3.05) is 5.32 Å². The van der Waals surface area contributed by atoms with Crippen LogP contribution in [0.4, 0.5) is 5.82 Å². The molecule has 0 bridgehead atoms. The van der Waals surface area contributed by atoms with E-state index in [1.165, 1.54) is 4.88 Å². The van der Waals surface area contributed by atoms with Gasteiger partial charge in [-0.1, -0.05) is 0 Å². The fourth-order valence-electron chi connectivity index (χ4n) is 1.72. The van der Waals surface area contributed by atoms with Crippen LogP contribution in [0.5, 0.6) is 0 Å². The van der Waals surface area contributed by atoms with Gasteiger partial charge in [-0.3, -0.25) is 4.68 Å². The number of hydrogen-bond donors (Lipinski definition) is 1. The Bertz CT molecular complexity index is 690. The SMILES string of the molecule is Cn1ncc2c(NCc3cc(Br)cs3)ncnc21. The molecule has 3 aromatic rings. The molecular weight excluding hydrogens is 314 g/mol. The summed E-state index contributed by atoms with van der Waals surface area (Å²) in [6.07, 6.45) is 3.33. The van der Waals surface area contributed by atoms with Gasteiger partial charge in [0.05, 0.1) is 18.1 Å². The van der Waals surface area contributed by atoms with Gasteiger partial charge >= 0.3 is 0 Å². The summed E-state index contributed by atoms with van der Waals surface area (Å²) < 4.78 is 2.85. The first-order valence-corrected chi connectivity index (χ1v) is 7.01. The van der Waals surface area contributed by atoms with Gasteiger partial charge in [0.15, 0.2) is 5.65 Å². The molecule has 0 aromatic carbocycles. The zero-order valence-electron chi connectivity index (χ0n) is 9.59. The van der Waals surface area contributed by atoms with Crippen molar-refractivity contribution in [1.82, 2.24) is 19.7 Å². The number of halogens is 1.